The molecule has 0 saturated carbocycles. The molecule has 2 heterocycles. The van der Waals surface area contributed by atoms with Gasteiger partial charge in [-0.05, 0) is 36.8 Å². The van der Waals surface area contributed by atoms with Crippen molar-refractivity contribution >= 4 is 23.2 Å². The van der Waals surface area contributed by atoms with Crippen LogP contribution in [0.3, 0.4) is 0 Å². The zero-order chi connectivity index (χ0) is 15.5. The Hall–Kier alpha value is -1.13. The minimum Gasteiger partial charge on any atom is -0.314 e. The van der Waals surface area contributed by atoms with E-state index < -0.39 is 0 Å². The van der Waals surface area contributed by atoms with Gasteiger partial charge in [0.05, 0.1) is 11.7 Å². The van der Waals surface area contributed by atoms with Gasteiger partial charge in [-0.25, -0.2) is 0 Å². The summed E-state index contributed by atoms with van der Waals surface area (Å²) in [5, 5.41) is 4.74. The molecule has 1 aromatic carbocycles. The van der Waals surface area contributed by atoms with Crippen molar-refractivity contribution in [3.05, 3.63) is 63.4 Å². The molecule has 1 saturated heterocycles. The lowest BCUT2D eigenvalue weighted by molar-refractivity contribution is 0.195. The number of nitrogens with one attached hydrogen (secondary N) is 1. The molecule has 0 aliphatic carbocycles. The highest BCUT2D eigenvalue weighted by molar-refractivity contribution is 6.35. The first-order valence-electron chi connectivity index (χ1n) is 7.48. The van der Waals surface area contributed by atoms with Crippen molar-refractivity contribution in [1.82, 2.24) is 15.2 Å². The van der Waals surface area contributed by atoms with E-state index in [1.165, 1.54) is 0 Å². The van der Waals surface area contributed by atoms with Crippen LogP contribution in [0, 0.1) is 6.92 Å². The maximum atomic E-state index is 6.48. The predicted molar refractivity (Wildman–Crippen MR) is 91.7 cm³/mol. The molecular formula is C17H19Cl2N3. The average Bonchev–Trinajstić information content (AvgIpc) is 2.51. The summed E-state index contributed by atoms with van der Waals surface area (Å²) >= 11 is 12.5. The Bertz CT molecular complexity index is 654. The predicted octanol–water partition coefficient (Wildman–Crippen LogP) is 3.69. The van der Waals surface area contributed by atoms with E-state index in [2.05, 4.69) is 22.3 Å². The second-order valence-electron chi connectivity index (χ2n) is 5.56. The number of piperazine rings is 1. The quantitative estimate of drug-likeness (QED) is 0.927. The third-order valence-electron chi connectivity index (χ3n) is 3.96. The van der Waals surface area contributed by atoms with Crippen molar-refractivity contribution < 1.29 is 0 Å². The highest BCUT2D eigenvalue weighted by Crippen LogP contribution is 2.34. The normalized spacial score (nSPS) is 17.4. The van der Waals surface area contributed by atoms with E-state index >= 15 is 0 Å². The van der Waals surface area contributed by atoms with Gasteiger partial charge in [0.15, 0.2) is 0 Å². The van der Waals surface area contributed by atoms with Gasteiger partial charge in [0.2, 0.25) is 0 Å². The number of aryl methyl sites for hydroxylation is 1. The van der Waals surface area contributed by atoms with Gasteiger partial charge in [0.25, 0.3) is 0 Å². The molecule has 0 radical (unpaired) electrons. The van der Waals surface area contributed by atoms with E-state index in [9.17, 15) is 0 Å². The van der Waals surface area contributed by atoms with Crippen LogP contribution in [-0.2, 0) is 0 Å². The van der Waals surface area contributed by atoms with E-state index in [1.807, 2.05) is 31.2 Å². The molecule has 0 spiro atoms. The molecule has 5 heteroatoms. The largest absolute Gasteiger partial charge is 0.314 e. The molecule has 1 N–H and O–H groups in total. The second kappa shape index (κ2) is 6.97. The fourth-order valence-electron chi connectivity index (χ4n) is 2.92. The highest BCUT2D eigenvalue weighted by Gasteiger charge is 2.26. The summed E-state index contributed by atoms with van der Waals surface area (Å²) in [7, 11) is 0. The van der Waals surface area contributed by atoms with Crippen LogP contribution in [0.4, 0.5) is 0 Å². The van der Waals surface area contributed by atoms with E-state index in [1.54, 1.807) is 0 Å². The van der Waals surface area contributed by atoms with Crippen LogP contribution in [0.2, 0.25) is 10.0 Å². The molecule has 1 aliphatic heterocycles. The van der Waals surface area contributed by atoms with Crippen LogP contribution in [0.15, 0.2) is 36.4 Å². The van der Waals surface area contributed by atoms with E-state index in [0.717, 1.165) is 43.1 Å². The maximum Gasteiger partial charge on any atom is 0.0791 e. The van der Waals surface area contributed by atoms with Crippen LogP contribution < -0.4 is 5.32 Å². The summed E-state index contributed by atoms with van der Waals surface area (Å²) in [6.07, 6.45) is 0. The monoisotopic (exact) mass is 335 g/mol. The number of aromatic nitrogens is 1. The van der Waals surface area contributed by atoms with Crippen molar-refractivity contribution in [2.24, 2.45) is 0 Å². The number of nitrogens with zero attached hydrogens (tertiary/aromatic N) is 2. The fraction of sp³-hybridized carbons (Fsp3) is 0.353. The first-order chi connectivity index (χ1) is 10.6. The number of pyridine rings is 1. The molecule has 3 nitrogen and oxygen atoms in total. The molecule has 3 rings (SSSR count). The van der Waals surface area contributed by atoms with Crippen LogP contribution in [0.1, 0.15) is 23.0 Å². The molecule has 0 bridgehead atoms. The van der Waals surface area contributed by atoms with Crippen molar-refractivity contribution in [2.75, 3.05) is 26.2 Å². The zero-order valence-electron chi connectivity index (χ0n) is 12.5. The Kier molecular flexibility index (Phi) is 4.99. The van der Waals surface area contributed by atoms with Crippen molar-refractivity contribution in [3.8, 4) is 0 Å². The van der Waals surface area contributed by atoms with E-state index in [4.69, 9.17) is 28.2 Å². The van der Waals surface area contributed by atoms with Gasteiger partial charge in [-0.2, -0.15) is 0 Å². The third-order valence-corrected chi connectivity index (χ3v) is 4.53. The molecule has 1 atom stereocenters. The first kappa shape index (κ1) is 15.8. The topological polar surface area (TPSA) is 28.2 Å². The minimum absolute atomic E-state index is 0.0618. The summed E-state index contributed by atoms with van der Waals surface area (Å²) in [6, 6.07) is 11.9. The Morgan fingerprint density at radius 3 is 2.59 bits per heavy atom. The van der Waals surface area contributed by atoms with Crippen LogP contribution >= 0.6 is 23.2 Å². The zero-order valence-corrected chi connectivity index (χ0v) is 14.0. The molecule has 2 aromatic rings. The molecule has 1 aromatic heterocycles. The van der Waals surface area contributed by atoms with Gasteiger partial charge in [-0.3, -0.25) is 9.88 Å². The first-order valence-corrected chi connectivity index (χ1v) is 8.24. The summed E-state index contributed by atoms with van der Waals surface area (Å²) in [5.74, 6) is 0. The number of hydrogen-bond donors (Lipinski definition) is 1. The van der Waals surface area contributed by atoms with Crippen LogP contribution in [-0.4, -0.2) is 36.1 Å². The molecule has 1 unspecified atom stereocenters. The smallest absolute Gasteiger partial charge is 0.0791 e. The molecular weight excluding hydrogens is 317 g/mol. The van der Waals surface area contributed by atoms with Crippen molar-refractivity contribution in [2.45, 2.75) is 13.0 Å². The van der Waals surface area contributed by atoms with Gasteiger partial charge in [0.1, 0.15) is 0 Å². The molecule has 0 amide bonds. The van der Waals surface area contributed by atoms with Crippen molar-refractivity contribution in [1.29, 1.82) is 0 Å². The van der Waals surface area contributed by atoms with Gasteiger partial charge in [-0.1, -0.05) is 35.3 Å². The second-order valence-corrected chi connectivity index (χ2v) is 6.40. The number of benzene rings is 1. The fourth-order valence-corrected chi connectivity index (χ4v) is 3.43. The summed E-state index contributed by atoms with van der Waals surface area (Å²) in [6.45, 7) is 5.92. The highest BCUT2D eigenvalue weighted by atomic mass is 35.5. The molecule has 1 fully saturated rings. The number of halogens is 2. The summed E-state index contributed by atoms with van der Waals surface area (Å²) < 4.78 is 0. The Morgan fingerprint density at radius 2 is 1.91 bits per heavy atom. The molecule has 22 heavy (non-hydrogen) atoms. The van der Waals surface area contributed by atoms with Gasteiger partial charge in [-0.15, -0.1) is 0 Å². The Labute approximate surface area is 141 Å². The van der Waals surface area contributed by atoms with Gasteiger partial charge < -0.3 is 5.32 Å². The Balaban J connectivity index is 2.05. The summed E-state index contributed by atoms with van der Waals surface area (Å²) in [5.41, 5.74) is 3.11. The lowest BCUT2D eigenvalue weighted by atomic mass is 10.00. The molecule has 116 valence electrons. The van der Waals surface area contributed by atoms with Gasteiger partial charge in [0, 0.05) is 41.9 Å². The third kappa shape index (κ3) is 3.44. The van der Waals surface area contributed by atoms with Crippen molar-refractivity contribution in [3.63, 3.8) is 0 Å². The standard InChI is InChI=1S/C17H19Cl2N3/c1-12-3-2-4-16(21-12)17(22-9-7-20-8-10-22)14-6-5-13(18)11-15(14)19/h2-6,11,17,20H,7-10H2,1H3. The molecule has 1 aliphatic rings. The summed E-state index contributed by atoms with van der Waals surface area (Å²) in [4.78, 5) is 7.16. The lowest BCUT2D eigenvalue weighted by Crippen LogP contribution is -2.45. The average molecular weight is 336 g/mol. The lowest BCUT2D eigenvalue weighted by Gasteiger charge is -2.35. The number of hydrogen-bond acceptors (Lipinski definition) is 3. The van der Waals surface area contributed by atoms with Gasteiger partial charge >= 0.3 is 0 Å². The SMILES string of the molecule is Cc1cccc(C(c2ccc(Cl)cc2Cl)N2CCNCC2)n1. The Morgan fingerprint density at radius 1 is 1.14 bits per heavy atom. The van der Waals surface area contributed by atoms with Crippen LogP contribution in [0.25, 0.3) is 0 Å². The van der Waals surface area contributed by atoms with E-state index in [0.29, 0.717) is 10.0 Å². The minimum atomic E-state index is 0.0618. The van der Waals surface area contributed by atoms with E-state index in [-0.39, 0.29) is 6.04 Å². The number of rotatable bonds is 3. The maximum absolute atomic E-state index is 6.48. The van der Waals surface area contributed by atoms with Crippen LogP contribution in [0.5, 0.6) is 0 Å².